The van der Waals surface area contributed by atoms with Gasteiger partial charge < -0.3 is 14.2 Å². The van der Waals surface area contributed by atoms with Crippen molar-refractivity contribution >= 4 is 38.6 Å². The van der Waals surface area contributed by atoms with Gasteiger partial charge in [-0.25, -0.2) is 9.78 Å². The van der Waals surface area contributed by atoms with Crippen molar-refractivity contribution in [2.24, 2.45) is 0 Å². The van der Waals surface area contributed by atoms with Crippen LogP contribution in [0.5, 0.6) is 11.5 Å². The minimum absolute atomic E-state index is 0.181. The summed E-state index contributed by atoms with van der Waals surface area (Å²) in [6.07, 6.45) is 0. The van der Waals surface area contributed by atoms with Gasteiger partial charge in [0, 0.05) is 0 Å². The molecule has 0 radical (unpaired) electrons. The number of amides is 1. The zero-order chi connectivity index (χ0) is 20.3. The predicted octanol–water partition coefficient (Wildman–Crippen LogP) is 3.73. The lowest BCUT2D eigenvalue weighted by molar-refractivity contribution is -0.119. The molecule has 0 spiro atoms. The fraction of sp³-hybridized carbons (Fsp3) is 0.250. The monoisotopic (exact) mass is 400 g/mol. The molecular weight excluding hydrogens is 380 g/mol. The number of esters is 1. The standard InChI is InChI=1S/C20H20N2O5S/c1-11-7-12(2)18-16(8-11)28-20(22-18)21-17(23)10-27-19(24)14-9-13(25-3)5-6-15(14)26-4/h5-9H,10H2,1-4H3,(H,21,22,23). The summed E-state index contributed by atoms with van der Waals surface area (Å²) in [4.78, 5) is 28.9. The number of benzene rings is 2. The lowest BCUT2D eigenvalue weighted by Crippen LogP contribution is -2.21. The summed E-state index contributed by atoms with van der Waals surface area (Å²) in [6, 6.07) is 8.82. The van der Waals surface area contributed by atoms with Gasteiger partial charge >= 0.3 is 5.97 Å². The van der Waals surface area contributed by atoms with E-state index in [9.17, 15) is 9.59 Å². The number of fused-ring (bicyclic) bond motifs is 1. The summed E-state index contributed by atoms with van der Waals surface area (Å²) in [6.45, 7) is 3.55. The van der Waals surface area contributed by atoms with Crippen molar-refractivity contribution in [3.63, 3.8) is 0 Å². The first-order valence-electron chi connectivity index (χ1n) is 8.48. The first kappa shape index (κ1) is 19.6. The summed E-state index contributed by atoms with van der Waals surface area (Å²) >= 11 is 1.38. The van der Waals surface area contributed by atoms with Gasteiger partial charge in [0.25, 0.3) is 5.91 Å². The normalized spacial score (nSPS) is 10.6. The fourth-order valence-corrected chi connectivity index (χ4v) is 3.82. The second-order valence-corrected chi connectivity index (χ2v) is 7.17. The van der Waals surface area contributed by atoms with Crippen LogP contribution >= 0.6 is 11.3 Å². The molecule has 3 aromatic rings. The summed E-state index contributed by atoms with van der Waals surface area (Å²) in [7, 11) is 2.94. The molecular formula is C20H20N2O5S. The molecule has 0 aliphatic carbocycles. The molecule has 1 aromatic heterocycles. The molecule has 146 valence electrons. The van der Waals surface area contributed by atoms with Gasteiger partial charge in [0.2, 0.25) is 0 Å². The molecule has 3 rings (SSSR count). The van der Waals surface area contributed by atoms with Crippen LogP contribution in [0.25, 0.3) is 10.2 Å². The van der Waals surface area contributed by atoms with Crippen LogP contribution in [0.1, 0.15) is 21.5 Å². The van der Waals surface area contributed by atoms with Crippen LogP contribution in [0.2, 0.25) is 0 Å². The maximum Gasteiger partial charge on any atom is 0.342 e. The largest absolute Gasteiger partial charge is 0.497 e. The van der Waals surface area contributed by atoms with E-state index < -0.39 is 18.5 Å². The van der Waals surface area contributed by atoms with Gasteiger partial charge in [-0.2, -0.15) is 0 Å². The van der Waals surface area contributed by atoms with E-state index in [4.69, 9.17) is 14.2 Å². The lowest BCUT2D eigenvalue weighted by atomic mass is 10.1. The van der Waals surface area contributed by atoms with Crippen molar-refractivity contribution in [3.05, 3.63) is 47.0 Å². The van der Waals surface area contributed by atoms with Gasteiger partial charge in [0.1, 0.15) is 17.1 Å². The highest BCUT2D eigenvalue weighted by molar-refractivity contribution is 7.22. The molecule has 8 heteroatoms. The summed E-state index contributed by atoms with van der Waals surface area (Å²) in [5.41, 5.74) is 3.21. The van der Waals surface area contributed by atoms with Gasteiger partial charge in [-0.05, 0) is 49.2 Å². The van der Waals surface area contributed by atoms with Crippen LogP contribution in [0, 0.1) is 13.8 Å². The van der Waals surface area contributed by atoms with E-state index in [1.165, 1.54) is 31.6 Å². The average molecular weight is 400 g/mol. The molecule has 1 heterocycles. The molecule has 0 fully saturated rings. The van der Waals surface area contributed by atoms with Gasteiger partial charge in [-0.15, -0.1) is 0 Å². The third-order valence-corrected chi connectivity index (χ3v) is 4.95. The number of aromatic nitrogens is 1. The minimum Gasteiger partial charge on any atom is -0.497 e. The quantitative estimate of drug-likeness (QED) is 0.635. The van der Waals surface area contributed by atoms with Gasteiger partial charge in [0.15, 0.2) is 11.7 Å². The van der Waals surface area contributed by atoms with E-state index in [0.717, 1.165) is 21.3 Å². The number of carbonyl (C=O) groups excluding carboxylic acids is 2. The molecule has 0 unspecified atom stereocenters. The van der Waals surface area contributed by atoms with Crippen LogP contribution in [0.3, 0.4) is 0 Å². The number of ether oxygens (including phenoxy) is 3. The molecule has 0 saturated carbocycles. The average Bonchev–Trinajstić information content (AvgIpc) is 3.08. The number of anilines is 1. The molecule has 7 nitrogen and oxygen atoms in total. The highest BCUT2D eigenvalue weighted by atomic mass is 32.1. The van der Waals surface area contributed by atoms with Gasteiger partial charge in [-0.3, -0.25) is 10.1 Å². The Balaban J connectivity index is 1.66. The number of carbonyl (C=O) groups is 2. The van der Waals surface area contributed by atoms with E-state index in [0.29, 0.717) is 16.6 Å². The molecule has 1 amide bonds. The topological polar surface area (TPSA) is 86.8 Å². The Morgan fingerprint density at radius 3 is 2.61 bits per heavy atom. The first-order valence-corrected chi connectivity index (χ1v) is 9.29. The van der Waals surface area contributed by atoms with Crippen molar-refractivity contribution in [2.75, 3.05) is 26.1 Å². The lowest BCUT2D eigenvalue weighted by Gasteiger charge is -2.10. The van der Waals surface area contributed by atoms with Crippen LogP contribution in [-0.2, 0) is 9.53 Å². The first-order chi connectivity index (χ1) is 13.4. The number of nitrogens with zero attached hydrogens (tertiary/aromatic N) is 1. The summed E-state index contributed by atoms with van der Waals surface area (Å²) in [5, 5.41) is 3.13. The van der Waals surface area contributed by atoms with E-state index >= 15 is 0 Å². The van der Waals surface area contributed by atoms with Crippen molar-refractivity contribution in [2.45, 2.75) is 13.8 Å². The zero-order valence-corrected chi connectivity index (χ0v) is 16.8. The molecule has 0 atom stereocenters. The summed E-state index contributed by atoms with van der Waals surface area (Å²) in [5.74, 6) is -0.328. The highest BCUT2D eigenvalue weighted by Crippen LogP contribution is 2.29. The van der Waals surface area contributed by atoms with E-state index in [-0.39, 0.29) is 5.56 Å². The fourth-order valence-electron chi connectivity index (χ4n) is 2.76. The smallest absolute Gasteiger partial charge is 0.342 e. The Kier molecular flexibility index (Phi) is 5.79. The second kappa shape index (κ2) is 8.26. The molecule has 0 bridgehead atoms. The Morgan fingerprint density at radius 2 is 1.89 bits per heavy atom. The van der Waals surface area contributed by atoms with Crippen molar-refractivity contribution in [3.8, 4) is 11.5 Å². The number of hydrogen-bond donors (Lipinski definition) is 1. The summed E-state index contributed by atoms with van der Waals surface area (Å²) < 4.78 is 16.4. The molecule has 0 aliphatic heterocycles. The number of thiazole rings is 1. The Morgan fingerprint density at radius 1 is 1.11 bits per heavy atom. The Bertz CT molecular complexity index is 1040. The zero-order valence-electron chi connectivity index (χ0n) is 16.0. The SMILES string of the molecule is COc1ccc(OC)c(C(=O)OCC(=O)Nc2nc3c(C)cc(C)cc3s2)c1. The number of methoxy groups -OCH3 is 2. The molecule has 1 N–H and O–H groups in total. The van der Waals surface area contributed by atoms with E-state index in [2.05, 4.69) is 10.3 Å². The van der Waals surface area contributed by atoms with E-state index in [1.807, 2.05) is 26.0 Å². The van der Waals surface area contributed by atoms with Crippen LogP contribution in [-0.4, -0.2) is 37.7 Å². The predicted molar refractivity (Wildman–Crippen MR) is 108 cm³/mol. The van der Waals surface area contributed by atoms with Crippen molar-refractivity contribution in [1.29, 1.82) is 0 Å². The number of rotatable bonds is 6. The molecule has 28 heavy (non-hydrogen) atoms. The molecule has 2 aromatic carbocycles. The Labute approximate surface area is 166 Å². The third kappa shape index (κ3) is 4.23. The number of nitrogens with one attached hydrogen (secondary N) is 1. The van der Waals surface area contributed by atoms with E-state index in [1.54, 1.807) is 12.1 Å². The second-order valence-electron chi connectivity index (χ2n) is 6.14. The van der Waals surface area contributed by atoms with Crippen LogP contribution < -0.4 is 14.8 Å². The van der Waals surface area contributed by atoms with Gasteiger partial charge in [0.05, 0.1) is 24.4 Å². The van der Waals surface area contributed by atoms with Gasteiger partial charge in [-0.1, -0.05) is 17.4 Å². The maximum atomic E-state index is 12.3. The van der Waals surface area contributed by atoms with Crippen LogP contribution in [0.4, 0.5) is 5.13 Å². The van der Waals surface area contributed by atoms with Crippen molar-refractivity contribution in [1.82, 2.24) is 4.98 Å². The number of aryl methyl sites for hydroxylation is 2. The molecule has 0 aliphatic rings. The number of hydrogen-bond acceptors (Lipinski definition) is 7. The van der Waals surface area contributed by atoms with Crippen LogP contribution in [0.15, 0.2) is 30.3 Å². The highest BCUT2D eigenvalue weighted by Gasteiger charge is 2.17. The minimum atomic E-state index is -0.679. The van der Waals surface area contributed by atoms with Crippen molar-refractivity contribution < 1.29 is 23.8 Å². The Hall–Kier alpha value is -3.13. The maximum absolute atomic E-state index is 12.3. The molecule has 0 saturated heterocycles. The third-order valence-electron chi connectivity index (χ3n) is 4.04.